The van der Waals surface area contributed by atoms with Crippen molar-refractivity contribution in [2.75, 3.05) is 7.05 Å². The number of hydrogen-bond donors (Lipinski definition) is 0. The Morgan fingerprint density at radius 3 is 2.95 bits per heavy atom. The molecule has 19 heavy (non-hydrogen) atoms. The molecule has 0 atom stereocenters. The summed E-state index contributed by atoms with van der Waals surface area (Å²) in [5.74, 6) is 0.127. The van der Waals surface area contributed by atoms with Crippen molar-refractivity contribution in [2.45, 2.75) is 25.4 Å². The van der Waals surface area contributed by atoms with E-state index < -0.39 is 0 Å². The smallest absolute Gasteiger partial charge is 0.242 e. The number of carbonyl (C=O) groups is 1. The van der Waals surface area contributed by atoms with E-state index in [1.165, 1.54) is 0 Å². The van der Waals surface area contributed by atoms with Crippen molar-refractivity contribution in [3.8, 4) is 6.07 Å². The fourth-order valence-electron chi connectivity index (χ4n) is 2.38. The van der Waals surface area contributed by atoms with Gasteiger partial charge in [-0.2, -0.15) is 5.26 Å². The lowest BCUT2D eigenvalue weighted by molar-refractivity contribution is -0.130. The number of benzene rings is 1. The van der Waals surface area contributed by atoms with Crippen LogP contribution in [0.15, 0.2) is 30.5 Å². The van der Waals surface area contributed by atoms with E-state index in [4.69, 9.17) is 5.26 Å². The van der Waals surface area contributed by atoms with Gasteiger partial charge in [0.25, 0.3) is 0 Å². The Morgan fingerprint density at radius 1 is 1.47 bits per heavy atom. The van der Waals surface area contributed by atoms with Gasteiger partial charge >= 0.3 is 0 Å². The zero-order valence-corrected chi connectivity index (χ0v) is 10.8. The van der Waals surface area contributed by atoms with E-state index in [2.05, 4.69) is 6.07 Å². The van der Waals surface area contributed by atoms with Crippen LogP contribution in [0.2, 0.25) is 0 Å². The van der Waals surface area contributed by atoms with Gasteiger partial charge in [0, 0.05) is 30.2 Å². The Kier molecular flexibility index (Phi) is 2.75. The van der Waals surface area contributed by atoms with Crippen molar-refractivity contribution in [2.24, 2.45) is 0 Å². The summed E-state index contributed by atoms with van der Waals surface area (Å²) in [6, 6.07) is 10.1. The topological polar surface area (TPSA) is 49.0 Å². The van der Waals surface area contributed by atoms with Gasteiger partial charge in [0.2, 0.25) is 5.91 Å². The van der Waals surface area contributed by atoms with Crippen LogP contribution in [0.5, 0.6) is 0 Å². The first-order chi connectivity index (χ1) is 9.20. The molecule has 1 amide bonds. The monoisotopic (exact) mass is 253 g/mol. The Labute approximate surface area is 111 Å². The van der Waals surface area contributed by atoms with Crippen molar-refractivity contribution in [3.63, 3.8) is 0 Å². The molecule has 4 heteroatoms. The zero-order chi connectivity index (χ0) is 13.4. The first-order valence-electron chi connectivity index (χ1n) is 6.44. The molecule has 4 nitrogen and oxygen atoms in total. The van der Waals surface area contributed by atoms with Gasteiger partial charge in [-0.25, -0.2) is 0 Å². The molecule has 0 N–H and O–H groups in total. The number of amides is 1. The molecule has 1 saturated carbocycles. The second-order valence-electron chi connectivity index (χ2n) is 5.03. The van der Waals surface area contributed by atoms with Crippen LogP contribution in [0.3, 0.4) is 0 Å². The molecule has 1 aromatic heterocycles. The lowest BCUT2D eigenvalue weighted by Gasteiger charge is -2.17. The lowest BCUT2D eigenvalue weighted by Crippen LogP contribution is -2.31. The molecular weight excluding hydrogens is 238 g/mol. The Morgan fingerprint density at radius 2 is 2.26 bits per heavy atom. The predicted octanol–water partition coefficient (Wildman–Crippen LogP) is 2.13. The van der Waals surface area contributed by atoms with Crippen LogP contribution in [0.1, 0.15) is 18.4 Å². The van der Waals surface area contributed by atoms with E-state index in [1.807, 2.05) is 40.9 Å². The van der Waals surface area contributed by atoms with Crippen molar-refractivity contribution in [3.05, 3.63) is 36.0 Å². The van der Waals surface area contributed by atoms with E-state index >= 15 is 0 Å². The van der Waals surface area contributed by atoms with Crippen LogP contribution < -0.4 is 0 Å². The molecule has 1 heterocycles. The maximum Gasteiger partial charge on any atom is 0.242 e. The number of carbonyl (C=O) groups excluding carboxylic acids is 1. The second-order valence-corrected chi connectivity index (χ2v) is 5.03. The number of hydrogen-bond acceptors (Lipinski definition) is 2. The molecule has 0 aliphatic heterocycles. The number of nitrogens with zero attached hydrogens (tertiary/aromatic N) is 3. The van der Waals surface area contributed by atoms with Crippen LogP contribution in [0.4, 0.5) is 0 Å². The summed E-state index contributed by atoms with van der Waals surface area (Å²) in [6.07, 6.45) is 4.12. The first kappa shape index (κ1) is 11.8. The van der Waals surface area contributed by atoms with Crippen molar-refractivity contribution < 1.29 is 4.79 Å². The molecule has 1 aliphatic rings. The highest BCUT2D eigenvalue weighted by molar-refractivity contribution is 5.87. The molecule has 2 aromatic rings. The van der Waals surface area contributed by atoms with Crippen molar-refractivity contribution >= 4 is 16.8 Å². The summed E-state index contributed by atoms with van der Waals surface area (Å²) in [7, 11) is 1.87. The number of rotatable bonds is 3. The summed E-state index contributed by atoms with van der Waals surface area (Å²) in [6.45, 7) is 0.339. The highest BCUT2D eigenvalue weighted by Crippen LogP contribution is 2.26. The fourth-order valence-corrected chi connectivity index (χ4v) is 2.38. The lowest BCUT2D eigenvalue weighted by atomic mass is 10.1. The summed E-state index contributed by atoms with van der Waals surface area (Å²) in [5, 5.41) is 9.97. The summed E-state index contributed by atoms with van der Waals surface area (Å²) >= 11 is 0. The van der Waals surface area contributed by atoms with E-state index in [-0.39, 0.29) is 5.91 Å². The average Bonchev–Trinajstić information content (AvgIpc) is 3.20. The molecule has 3 rings (SSSR count). The maximum atomic E-state index is 12.1. The molecule has 0 spiro atoms. The quantitative estimate of drug-likeness (QED) is 0.841. The molecule has 0 unspecified atom stereocenters. The minimum atomic E-state index is 0.127. The highest BCUT2D eigenvalue weighted by atomic mass is 16.2. The van der Waals surface area contributed by atoms with E-state index in [0.29, 0.717) is 18.2 Å². The minimum Gasteiger partial charge on any atom is -0.341 e. The number of fused-ring (bicyclic) bond motifs is 1. The largest absolute Gasteiger partial charge is 0.341 e. The van der Waals surface area contributed by atoms with Crippen LogP contribution in [0.25, 0.3) is 10.9 Å². The van der Waals surface area contributed by atoms with Gasteiger partial charge in [-0.05, 0) is 31.0 Å². The SMILES string of the molecule is CN(C(=O)Cn1ccc2c(C#N)cccc21)C1CC1. The van der Waals surface area contributed by atoms with Crippen LogP contribution in [-0.4, -0.2) is 28.5 Å². The van der Waals surface area contributed by atoms with Gasteiger partial charge in [-0.15, -0.1) is 0 Å². The maximum absolute atomic E-state index is 12.1. The normalized spacial score (nSPS) is 14.3. The van der Waals surface area contributed by atoms with Gasteiger partial charge in [0.05, 0.1) is 11.6 Å². The molecule has 0 bridgehead atoms. The van der Waals surface area contributed by atoms with Gasteiger partial charge < -0.3 is 9.47 Å². The van der Waals surface area contributed by atoms with Crippen molar-refractivity contribution in [1.29, 1.82) is 5.26 Å². The number of aromatic nitrogens is 1. The minimum absolute atomic E-state index is 0.127. The molecule has 0 radical (unpaired) electrons. The average molecular weight is 253 g/mol. The van der Waals surface area contributed by atoms with Gasteiger partial charge in [-0.3, -0.25) is 4.79 Å². The van der Waals surface area contributed by atoms with E-state index in [0.717, 1.165) is 23.7 Å². The Balaban J connectivity index is 1.89. The van der Waals surface area contributed by atoms with E-state index in [1.54, 1.807) is 6.07 Å². The zero-order valence-electron chi connectivity index (χ0n) is 10.8. The van der Waals surface area contributed by atoms with Gasteiger partial charge in [0.1, 0.15) is 6.54 Å². The van der Waals surface area contributed by atoms with Crippen LogP contribution >= 0.6 is 0 Å². The summed E-state index contributed by atoms with van der Waals surface area (Å²) in [4.78, 5) is 14.0. The molecule has 96 valence electrons. The molecule has 1 aliphatic carbocycles. The standard InChI is InChI=1S/C15H15N3O/c1-17(12-5-6-12)15(19)10-18-8-7-13-11(9-16)3-2-4-14(13)18/h2-4,7-8,12H,5-6,10H2,1H3. The molecular formula is C15H15N3O. The van der Waals surface area contributed by atoms with Crippen molar-refractivity contribution in [1.82, 2.24) is 9.47 Å². The highest BCUT2D eigenvalue weighted by Gasteiger charge is 2.29. The predicted molar refractivity (Wildman–Crippen MR) is 72.4 cm³/mol. The first-order valence-corrected chi connectivity index (χ1v) is 6.44. The summed E-state index contributed by atoms with van der Waals surface area (Å²) < 4.78 is 1.91. The fraction of sp³-hybridized carbons (Fsp3) is 0.333. The molecule has 0 saturated heterocycles. The van der Waals surface area contributed by atoms with E-state index in [9.17, 15) is 4.79 Å². The second kappa shape index (κ2) is 4.43. The Bertz CT molecular complexity index is 676. The Hall–Kier alpha value is -2.28. The summed E-state index contributed by atoms with van der Waals surface area (Å²) in [5.41, 5.74) is 1.59. The van der Waals surface area contributed by atoms with Gasteiger partial charge in [0.15, 0.2) is 0 Å². The third-order valence-electron chi connectivity index (χ3n) is 3.73. The number of likely N-dealkylation sites (N-methyl/N-ethyl adjacent to an activating group) is 1. The third kappa shape index (κ3) is 2.08. The molecule has 1 fully saturated rings. The van der Waals surface area contributed by atoms with Crippen LogP contribution in [-0.2, 0) is 11.3 Å². The van der Waals surface area contributed by atoms with Crippen LogP contribution in [0, 0.1) is 11.3 Å². The number of nitriles is 1. The van der Waals surface area contributed by atoms with Gasteiger partial charge in [-0.1, -0.05) is 6.07 Å². The molecule has 1 aromatic carbocycles. The third-order valence-corrected chi connectivity index (χ3v) is 3.73.